The first-order chi connectivity index (χ1) is 9.15. The maximum absolute atomic E-state index is 9.19. The van der Waals surface area contributed by atoms with E-state index in [1.807, 2.05) is 36.7 Å². The quantitative estimate of drug-likeness (QED) is 0.912. The summed E-state index contributed by atoms with van der Waals surface area (Å²) in [6.45, 7) is 7.53. The molecule has 1 aromatic heterocycles. The lowest BCUT2D eigenvalue weighted by Crippen LogP contribution is -2.08. The summed E-state index contributed by atoms with van der Waals surface area (Å²) in [6.07, 6.45) is 0. The first-order valence-electron chi connectivity index (χ1n) is 6.42. The molecular formula is C15H18N4. The van der Waals surface area contributed by atoms with E-state index in [1.54, 1.807) is 0 Å². The molecule has 0 aliphatic heterocycles. The Labute approximate surface area is 113 Å². The summed E-state index contributed by atoms with van der Waals surface area (Å²) < 4.78 is 1.98. The molecule has 1 heterocycles. The van der Waals surface area contributed by atoms with Crippen LogP contribution in [0.4, 0.5) is 5.69 Å². The number of rotatable bonds is 4. The highest BCUT2D eigenvalue weighted by Gasteiger charge is 2.07. The molecule has 2 aromatic rings. The molecule has 0 aliphatic rings. The Hall–Kier alpha value is -2.28. The number of aryl methyl sites for hydroxylation is 3. The van der Waals surface area contributed by atoms with Gasteiger partial charge in [0, 0.05) is 6.54 Å². The van der Waals surface area contributed by atoms with Crippen LogP contribution in [-0.2, 0) is 13.1 Å². The monoisotopic (exact) mass is 254 g/mol. The SMILES string of the molecule is CCn1nc(C)cc1CNc1cccc(C)c1C#N. The maximum Gasteiger partial charge on any atom is 0.102 e. The second kappa shape index (κ2) is 5.57. The number of hydrogen-bond acceptors (Lipinski definition) is 3. The maximum atomic E-state index is 9.19. The Morgan fingerprint density at radius 1 is 1.37 bits per heavy atom. The number of nitrogens with one attached hydrogen (secondary N) is 1. The van der Waals surface area contributed by atoms with Crippen LogP contribution in [0.1, 0.15) is 29.4 Å². The largest absolute Gasteiger partial charge is 0.378 e. The van der Waals surface area contributed by atoms with Crippen molar-refractivity contribution in [3.8, 4) is 6.07 Å². The van der Waals surface area contributed by atoms with Gasteiger partial charge >= 0.3 is 0 Å². The van der Waals surface area contributed by atoms with E-state index in [2.05, 4.69) is 29.5 Å². The van der Waals surface area contributed by atoms with Crippen LogP contribution >= 0.6 is 0 Å². The molecule has 1 aromatic carbocycles. The van der Waals surface area contributed by atoms with Crippen LogP contribution in [0.5, 0.6) is 0 Å². The van der Waals surface area contributed by atoms with E-state index in [-0.39, 0.29) is 0 Å². The molecular weight excluding hydrogens is 236 g/mol. The van der Waals surface area contributed by atoms with Gasteiger partial charge in [0.1, 0.15) is 6.07 Å². The topological polar surface area (TPSA) is 53.6 Å². The van der Waals surface area contributed by atoms with E-state index >= 15 is 0 Å². The molecule has 0 unspecified atom stereocenters. The normalized spacial score (nSPS) is 10.2. The van der Waals surface area contributed by atoms with Gasteiger partial charge in [0.15, 0.2) is 0 Å². The molecule has 19 heavy (non-hydrogen) atoms. The van der Waals surface area contributed by atoms with Crippen LogP contribution in [0.3, 0.4) is 0 Å². The highest BCUT2D eigenvalue weighted by molar-refractivity contribution is 5.60. The van der Waals surface area contributed by atoms with Gasteiger partial charge in [-0.15, -0.1) is 0 Å². The number of anilines is 1. The minimum atomic E-state index is 0.673. The predicted molar refractivity (Wildman–Crippen MR) is 75.9 cm³/mol. The minimum Gasteiger partial charge on any atom is -0.378 e. The molecule has 0 bridgehead atoms. The zero-order valence-electron chi connectivity index (χ0n) is 11.6. The van der Waals surface area contributed by atoms with Crippen molar-refractivity contribution in [1.29, 1.82) is 5.26 Å². The molecule has 0 atom stereocenters. The number of aromatic nitrogens is 2. The van der Waals surface area contributed by atoms with Crippen molar-refractivity contribution in [2.24, 2.45) is 0 Å². The average Bonchev–Trinajstić information content (AvgIpc) is 2.76. The van der Waals surface area contributed by atoms with Gasteiger partial charge in [-0.25, -0.2) is 0 Å². The number of nitriles is 1. The molecule has 98 valence electrons. The summed E-state index contributed by atoms with van der Waals surface area (Å²) in [6, 6.07) is 10.2. The van der Waals surface area contributed by atoms with Crippen LogP contribution in [-0.4, -0.2) is 9.78 Å². The minimum absolute atomic E-state index is 0.673. The van der Waals surface area contributed by atoms with Crippen LogP contribution in [0.15, 0.2) is 24.3 Å². The fourth-order valence-electron chi connectivity index (χ4n) is 2.16. The van der Waals surface area contributed by atoms with Crippen LogP contribution in [0.2, 0.25) is 0 Å². The third-order valence-electron chi connectivity index (χ3n) is 3.13. The summed E-state index contributed by atoms with van der Waals surface area (Å²) in [7, 11) is 0. The first-order valence-corrected chi connectivity index (χ1v) is 6.42. The van der Waals surface area contributed by atoms with Crippen molar-refractivity contribution in [2.75, 3.05) is 5.32 Å². The van der Waals surface area contributed by atoms with Gasteiger partial charge < -0.3 is 5.32 Å². The molecule has 4 heteroatoms. The van der Waals surface area contributed by atoms with Gasteiger partial charge in [-0.05, 0) is 38.5 Å². The molecule has 0 saturated carbocycles. The summed E-state index contributed by atoms with van der Waals surface area (Å²) in [5, 5.41) is 16.9. The lowest BCUT2D eigenvalue weighted by Gasteiger charge is -2.10. The molecule has 1 N–H and O–H groups in total. The summed E-state index contributed by atoms with van der Waals surface area (Å²) in [5.74, 6) is 0. The van der Waals surface area contributed by atoms with E-state index < -0.39 is 0 Å². The smallest absolute Gasteiger partial charge is 0.102 e. The molecule has 2 rings (SSSR count). The predicted octanol–water partition coefficient (Wildman–Crippen LogP) is 3.00. The molecule has 0 radical (unpaired) electrons. The summed E-state index contributed by atoms with van der Waals surface area (Å²) in [5.41, 5.74) is 4.73. The second-order valence-electron chi connectivity index (χ2n) is 4.56. The molecule has 0 saturated heterocycles. The van der Waals surface area contributed by atoms with Crippen molar-refractivity contribution in [3.05, 3.63) is 46.8 Å². The van der Waals surface area contributed by atoms with Crippen molar-refractivity contribution in [2.45, 2.75) is 33.9 Å². The molecule has 0 spiro atoms. The van der Waals surface area contributed by atoms with Gasteiger partial charge in [0.25, 0.3) is 0 Å². The van der Waals surface area contributed by atoms with E-state index in [0.717, 1.165) is 29.2 Å². The van der Waals surface area contributed by atoms with E-state index in [1.165, 1.54) is 0 Å². The third kappa shape index (κ3) is 2.76. The molecule has 0 aliphatic carbocycles. The molecule has 0 amide bonds. The van der Waals surface area contributed by atoms with Gasteiger partial charge in [0.2, 0.25) is 0 Å². The zero-order chi connectivity index (χ0) is 13.8. The van der Waals surface area contributed by atoms with Crippen molar-refractivity contribution < 1.29 is 0 Å². The van der Waals surface area contributed by atoms with E-state index in [9.17, 15) is 5.26 Å². The van der Waals surface area contributed by atoms with Crippen LogP contribution in [0, 0.1) is 25.2 Å². The Bertz CT molecular complexity index is 620. The standard InChI is InChI=1S/C15H18N4/c1-4-19-13(8-12(3)18-19)10-17-15-7-5-6-11(2)14(15)9-16/h5-8,17H,4,10H2,1-3H3. The van der Waals surface area contributed by atoms with Crippen molar-refractivity contribution in [3.63, 3.8) is 0 Å². The Balaban J connectivity index is 2.19. The third-order valence-corrected chi connectivity index (χ3v) is 3.13. The highest BCUT2D eigenvalue weighted by Crippen LogP contribution is 2.19. The summed E-state index contributed by atoms with van der Waals surface area (Å²) >= 11 is 0. The van der Waals surface area contributed by atoms with Gasteiger partial charge in [-0.3, -0.25) is 4.68 Å². The average molecular weight is 254 g/mol. The van der Waals surface area contributed by atoms with E-state index in [4.69, 9.17) is 0 Å². The van der Waals surface area contributed by atoms with Crippen LogP contribution in [0.25, 0.3) is 0 Å². The van der Waals surface area contributed by atoms with Crippen molar-refractivity contribution in [1.82, 2.24) is 9.78 Å². The number of benzene rings is 1. The number of hydrogen-bond donors (Lipinski definition) is 1. The second-order valence-corrected chi connectivity index (χ2v) is 4.56. The van der Waals surface area contributed by atoms with Gasteiger partial charge in [0.05, 0.1) is 29.2 Å². The Morgan fingerprint density at radius 3 is 2.84 bits per heavy atom. The van der Waals surface area contributed by atoms with Gasteiger partial charge in [-0.2, -0.15) is 10.4 Å². The first kappa shape index (κ1) is 13.2. The van der Waals surface area contributed by atoms with E-state index in [0.29, 0.717) is 12.1 Å². The lowest BCUT2D eigenvalue weighted by atomic mass is 10.1. The number of nitrogens with zero attached hydrogens (tertiary/aromatic N) is 3. The van der Waals surface area contributed by atoms with Crippen molar-refractivity contribution >= 4 is 5.69 Å². The Kier molecular flexibility index (Phi) is 3.86. The highest BCUT2D eigenvalue weighted by atomic mass is 15.3. The fourth-order valence-corrected chi connectivity index (χ4v) is 2.16. The van der Waals surface area contributed by atoms with Gasteiger partial charge in [-0.1, -0.05) is 12.1 Å². The Morgan fingerprint density at radius 2 is 2.16 bits per heavy atom. The lowest BCUT2D eigenvalue weighted by molar-refractivity contribution is 0.623. The fraction of sp³-hybridized carbons (Fsp3) is 0.333. The van der Waals surface area contributed by atoms with Crippen LogP contribution < -0.4 is 5.32 Å². The molecule has 4 nitrogen and oxygen atoms in total. The summed E-state index contributed by atoms with van der Waals surface area (Å²) in [4.78, 5) is 0. The molecule has 0 fully saturated rings. The zero-order valence-corrected chi connectivity index (χ0v) is 11.6.